The summed E-state index contributed by atoms with van der Waals surface area (Å²) in [5.74, 6) is 0.774. The maximum absolute atomic E-state index is 12.3. The van der Waals surface area contributed by atoms with E-state index in [1.807, 2.05) is 11.9 Å². The third-order valence-corrected chi connectivity index (χ3v) is 5.01. The van der Waals surface area contributed by atoms with E-state index in [0.29, 0.717) is 11.8 Å². The Hall–Kier alpha value is -1.00. The summed E-state index contributed by atoms with van der Waals surface area (Å²) in [7, 11) is 4.10. The van der Waals surface area contributed by atoms with Gasteiger partial charge in [0.25, 0.3) is 0 Å². The van der Waals surface area contributed by atoms with Gasteiger partial charge in [-0.3, -0.25) is 4.79 Å². The Balaban J connectivity index is 1.80. The molecular weight excluding hydrogens is 268 g/mol. The fourth-order valence-corrected chi connectivity index (χ4v) is 3.29. The number of nitrogens with zero attached hydrogens (tertiary/aromatic N) is 2. The lowest BCUT2D eigenvalue weighted by Crippen LogP contribution is -2.45. The minimum atomic E-state index is 0.241. The van der Waals surface area contributed by atoms with Gasteiger partial charge in [0, 0.05) is 18.0 Å². The number of carbonyl (C=O) groups is 1. The molecule has 1 amide bonds. The van der Waals surface area contributed by atoms with Gasteiger partial charge in [-0.2, -0.15) is 0 Å². The molecule has 0 unspecified atom stereocenters. The van der Waals surface area contributed by atoms with Crippen LogP contribution in [0.4, 0.5) is 0 Å². The number of benzene rings is 1. The van der Waals surface area contributed by atoms with Crippen molar-refractivity contribution in [2.45, 2.75) is 30.7 Å². The standard InChI is InChI=1S/C16H24N2OS/c1-13-4-6-15(7-5-13)20-12-16(19)18(3)14-8-10-17(2)11-9-14/h4-7,14H,8-12H2,1-3H3. The van der Waals surface area contributed by atoms with Gasteiger partial charge in [0.2, 0.25) is 5.91 Å². The quantitative estimate of drug-likeness (QED) is 0.797. The second-order valence-corrected chi connectivity index (χ2v) is 6.69. The number of aryl methyl sites for hydroxylation is 1. The Kier molecular flexibility index (Phi) is 5.49. The summed E-state index contributed by atoms with van der Waals surface area (Å²) in [6, 6.07) is 8.77. The van der Waals surface area contributed by atoms with E-state index in [0.717, 1.165) is 25.9 Å². The maximum Gasteiger partial charge on any atom is 0.232 e. The van der Waals surface area contributed by atoms with Crippen molar-refractivity contribution in [3.63, 3.8) is 0 Å². The van der Waals surface area contributed by atoms with Crippen molar-refractivity contribution in [3.05, 3.63) is 29.8 Å². The molecule has 0 radical (unpaired) electrons. The molecule has 0 aliphatic carbocycles. The summed E-state index contributed by atoms with van der Waals surface area (Å²) in [5.41, 5.74) is 1.25. The first-order valence-electron chi connectivity index (χ1n) is 7.20. The van der Waals surface area contributed by atoms with Crippen LogP contribution in [-0.4, -0.2) is 54.7 Å². The van der Waals surface area contributed by atoms with E-state index in [4.69, 9.17) is 0 Å². The minimum Gasteiger partial charge on any atom is -0.342 e. The molecule has 4 heteroatoms. The van der Waals surface area contributed by atoms with Gasteiger partial charge in [0.15, 0.2) is 0 Å². The van der Waals surface area contributed by atoms with E-state index in [1.54, 1.807) is 11.8 Å². The second kappa shape index (κ2) is 7.14. The Morgan fingerprint density at radius 2 is 1.90 bits per heavy atom. The van der Waals surface area contributed by atoms with Crippen LogP contribution in [0, 0.1) is 6.92 Å². The molecule has 1 aliphatic heterocycles. The molecule has 1 aliphatic rings. The number of piperidine rings is 1. The highest BCUT2D eigenvalue weighted by atomic mass is 32.2. The minimum absolute atomic E-state index is 0.241. The zero-order chi connectivity index (χ0) is 14.5. The van der Waals surface area contributed by atoms with Gasteiger partial charge in [0.1, 0.15) is 0 Å². The SMILES string of the molecule is Cc1ccc(SCC(=O)N(C)C2CCN(C)CC2)cc1. The number of hydrogen-bond acceptors (Lipinski definition) is 3. The van der Waals surface area contributed by atoms with Gasteiger partial charge in [0.05, 0.1) is 5.75 Å². The fraction of sp³-hybridized carbons (Fsp3) is 0.562. The van der Waals surface area contributed by atoms with E-state index < -0.39 is 0 Å². The number of carbonyl (C=O) groups excluding carboxylic acids is 1. The summed E-state index contributed by atoms with van der Waals surface area (Å²) in [6.45, 7) is 4.26. The van der Waals surface area contributed by atoms with Crippen molar-refractivity contribution >= 4 is 17.7 Å². The highest BCUT2D eigenvalue weighted by molar-refractivity contribution is 8.00. The first kappa shape index (κ1) is 15.4. The Bertz CT molecular complexity index is 438. The highest BCUT2D eigenvalue weighted by Crippen LogP contribution is 2.20. The second-order valence-electron chi connectivity index (χ2n) is 5.64. The van der Waals surface area contributed by atoms with E-state index in [2.05, 4.69) is 43.1 Å². The molecule has 110 valence electrons. The Morgan fingerprint density at radius 1 is 1.30 bits per heavy atom. The van der Waals surface area contributed by atoms with Crippen LogP contribution in [0.3, 0.4) is 0 Å². The summed E-state index contributed by atoms with van der Waals surface area (Å²) in [5, 5.41) is 0. The highest BCUT2D eigenvalue weighted by Gasteiger charge is 2.23. The van der Waals surface area contributed by atoms with Gasteiger partial charge in [-0.15, -0.1) is 11.8 Å². The summed E-state index contributed by atoms with van der Waals surface area (Å²) in [4.78, 5) is 17.7. The molecule has 1 aromatic rings. The van der Waals surface area contributed by atoms with Gasteiger partial charge in [-0.1, -0.05) is 17.7 Å². The molecule has 3 nitrogen and oxygen atoms in total. The maximum atomic E-state index is 12.3. The topological polar surface area (TPSA) is 23.6 Å². The third kappa shape index (κ3) is 4.25. The van der Waals surface area contributed by atoms with Crippen molar-refractivity contribution in [2.75, 3.05) is 32.9 Å². The van der Waals surface area contributed by atoms with Crippen LogP contribution in [0.1, 0.15) is 18.4 Å². The van der Waals surface area contributed by atoms with Crippen molar-refractivity contribution in [1.82, 2.24) is 9.80 Å². The summed E-state index contributed by atoms with van der Waals surface area (Å²) in [6.07, 6.45) is 2.18. The van der Waals surface area contributed by atoms with Crippen molar-refractivity contribution < 1.29 is 4.79 Å². The van der Waals surface area contributed by atoms with Crippen LogP contribution < -0.4 is 0 Å². The van der Waals surface area contributed by atoms with E-state index >= 15 is 0 Å². The average molecular weight is 292 g/mol. The van der Waals surface area contributed by atoms with Crippen molar-refractivity contribution in [2.24, 2.45) is 0 Å². The average Bonchev–Trinajstić information content (AvgIpc) is 2.46. The molecule has 0 bridgehead atoms. The molecule has 0 atom stereocenters. The van der Waals surface area contributed by atoms with Crippen LogP contribution in [0.15, 0.2) is 29.2 Å². The normalized spacial score (nSPS) is 17.1. The van der Waals surface area contributed by atoms with Gasteiger partial charge < -0.3 is 9.80 Å². The van der Waals surface area contributed by atoms with Crippen LogP contribution in [0.2, 0.25) is 0 Å². The molecule has 0 saturated carbocycles. The number of likely N-dealkylation sites (tertiary alicyclic amines) is 1. The van der Waals surface area contributed by atoms with Gasteiger partial charge in [-0.25, -0.2) is 0 Å². The van der Waals surface area contributed by atoms with Gasteiger partial charge in [-0.05, 0) is 52.0 Å². The van der Waals surface area contributed by atoms with Crippen LogP contribution in [0.25, 0.3) is 0 Å². The van der Waals surface area contributed by atoms with E-state index in [1.165, 1.54) is 10.5 Å². The van der Waals surface area contributed by atoms with Gasteiger partial charge >= 0.3 is 0 Å². The molecule has 1 fully saturated rings. The molecule has 1 saturated heterocycles. The summed E-state index contributed by atoms with van der Waals surface area (Å²) >= 11 is 1.63. The Morgan fingerprint density at radius 3 is 2.50 bits per heavy atom. The molecule has 0 spiro atoms. The molecule has 20 heavy (non-hydrogen) atoms. The van der Waals surface area contributed by atoms with Crippen LogP contribution in [0.5, 0.6) is 0 Å². The molecule has 0 aromatic heterocycles. The van der Waals surface area contributed by atoms with Crippen LogP contribution >= 0.6 is 11.8 Å². The summed E-state index contributed by atoms with van der Waals surface area (Å²) < 4.78 is 0. The first-order chi connectivity index (χ1) is 9.56. The number of amides is 1. The lowest BCUT2D eigenvalue weighted by molar-refractivity contribution is -0.129. The molecule has 1 heterocycles. The number of hydrogen-bond donors (Lipinski definition) is 0. The molecule has 2 rings (SSSR count). The zero-order valence-corrected chi connectivity index (χ0v) is 13.4. The lowest BCUT2D eigenvalue weighted by atomic mass is 10.0. The molecular formula is C16H24N2OS. The third-order valence-electron chi connectivity index (χ3n) is 4.01. The van der Waals surface area contributed by atoms with Crippen molar-refractivity contribution in [1.29, 1.82) is 0 Å². The molecule has 1 aromatic carbocycles. The predicted molar refractivity (Wildman–Crippen MR) is 85.2 cm³/mol. The Labute approximate surface area is 126 Å². The predicted octanol–water partition coefficient (Wildman–Crippen LogP) is 2.64. The smallest absolute Gasteiger partial charge is 0.232 e. The zero-order valence-electron chi connectivity index (χ0n) is 12.6. The first-order valence-corrected chi connectivity index (χ1v) is 8.18. The number of thioether (sulfide) groups is 1. The molecule has 0 N–H and O–H groups in total. The monoisotopic (exact) mass is 292 g/mol. The van der Waals surface area contributed by atoms with Crippen molar-refractivity contribution in [3.8, 4) is 0 Å². The fourth-order valence-electron chi connectivity index (χ4n) is 2.47. The van der Waals surface area contributed by atoms with Crippen LogP contribution in [-0.2, 0) is 4.79 Å². The lowest BCUT2D eigenvalue weighted by Gasteiger charge is -2.35. The van der Waals surface area contributed by atoms with E-state index in [-0.39, 0.29) is 5.91 Å². The number of rotatable bonds is 4. The van der Waals surface area contributed by atoms with E-state index in [9.17, 15) is 4.79 Å². The largest absolute Gasteiger partial charge is 0.342 e.